The molecule has 7 amide bonds. The standard InChI is InChI=1S/C7H13F2NO.C7H14FNO.C7H15NO2.C7H13NO.C6H13NO.2C5H11NO.C5H10O/c1-5(2)6(11)10-4-7(3,8)9;1-5(2)7(10)9-4-6(3)8;1-6(2)7(9)8-4-5-10-3;1-5(2)7(9)8-6-3-4-6;1-5(2)6(8)7(3)4;2*1-4(2)5(7)6-3;1-4(2)5(3)6/h5H,4H2,1-3H3,(H,10,11);5-6H,4H2,1-3H3,(H,9,10);6H,4-5H2,1-3H3,(H,8,9);5-6H,3-4H2,1-2H3,(H,8,9);5H,1-4H3;2*4H,1-3H3,(H,6,7);4H,1-3H3/i;;;;;3D3;;. The van der Waals surface area contributed by atoms with Gasteiger partial charge in [-0.1, -0.05) is 111 Å². The lowest BCUT2D eigenvalue weighted by molar-refractivity contribution is -0.132. The number of hydrogen-bond acceptors (Lipinski definition) is 9. The fourth-order valence-electron chi connectivity index (χ4n) is 2.92. The highest BCUT2D eigenvalue weighted by Crippen LogP contribution is 2.19. The minimum atomic E-state index is -2.81. The van der Waals surface area contributed by atoms with E-state index in [0.29, 0.717) is 19.2 Å². The topological polar surface area (TPSA) is 221 Å². The van der Waals surface area contributed by atoms with Crippen molar-refractivity contribution in [3.8, 4) is 0 Å². The van der Waals surface area contributed by atoms with E-state index in [4.69, 9.17) is 8.85 Å². The quantitative estimate of drug-likeness (QED) is 0.0917. The van der Waals surface area contributed by atoms with Crippen molar-refractivity contribution in [2.75, 3.05) is 61.5 Å². The molecule has 1 rings (SSSR count). The van der Waals surface area contributed by atoms with E-state index in [1.165, 1.54) is 19.8 Å². The van der Waals surface area contributed by atoms with Crippen LogP contribution in [0.1, 0.15) is 149 Å². The largest absolute Gasteiger partial charge is 0.383 e. The Labute approximate surface area is 414 Å². The first-order valence-electron chi connectivity index (χ1n) is 24.8. The van der Waals surface area contributed by atoms with E-state index in [1.54, 1.807) is 81.6 Å². The van der Waals surface area contributed by atoms with Crippen molar-refractivity contribution in [1.82, 2.24) is 36.8 Å². The van der Waals surface area contributed by atoms with Crippen LogP contribution in [0.3, 0.4) is 0 Å². The number of ketones is 1. The molecular weight excluding hydrogens is 888 g/mol. The summed E-state index contributed by atoms with van der Waals surface area (Å²) in [5.74, 6) is -2.78. The average molecular weight is 991 g/mol. The lowest BCUT2D eigenvalue weighted by Crippen LogP contribution is -2.36. The maximum atomic E-state index is 12.1. The first-order valence-corrected chi connectivity index (χ1v) is 23.3. The number of amides is 7. The Morgan fingerprint density at radius 2 is 0.956 bits per heavy atom. The van der Waals surface area contributed by atoms with Crippen LogP contribution in [0.15, 0.2) is 0 Å². The summed E-state index contributed by atoms with van der Waals surface area (Å²) < 4.78 is 61.1. The molecule has 68 heavy (non-hydrogen) atoms. The highest BCUT2D eigenvalue weighted by molar-refractivity contribution is 5.80. The predicted molar refractivity (Wildman–Crippen MR) is 269 cm³/mol. The normalized spacial score (nSPS) is 12.4. The number of nitrogens with one attached hydrogen (secondary N) is 6. The lowest BCUT2D eigenvalue weighted by Gasteiger charge is -2.12. The molecule has 1 aliphatic rings. The minimum absolute atomic E-state index is 0.0567. The van der Waals surface area contributed by atoms with Gasteiger partial charge in [0.15, 0.2) is 0 Å². The molecule has 1 saturated carbocycles. The molecule has 0 bridgehead atoms. The fraction of sp³-hybridized carbons (Fsp3) is 0.837. The molecule has 1 unspecified atom stereocenters. The average Bonchev–Trinajstić information content (AvgIpc) is 4.05. The molecule has 1 atom stereocenters. The van der Waals surface area contributed by atoms with E-state index in [0.717, 1.165) is 6.92 Å². The Balaban J connectivity index is -0.000000133. The van der Waals surface area contributed by atoms with E-state index < -0.39 is 31.5 Å². The van der Waals surface area contributed by atoms with Crippen molar-refractivity contribution in [1.29, 1.82) is 0 Å². The molecule has 0 saturated heterocycles. The second-order valence-corrected chi connectivity index (χ2v) is 18.6. The Bertz CT molecular complexity index is 1450. The Hall–Kier alpha value is -4.29. The summed E-state index contributed by atoms with van der Waals surface area (Å²) in [5, 5.41) is 14.6. The van der Waals surface area contributed by atoms with Gasteiger partial charge >= 0.3 is 0 Å². The second-order valence-electron chi connectivity index (χ2n) is 18.6. The summed E-state index contributed by atoms with van der Waals surface area (Å²) in [6.45, 7) is 31.2. The smallest absolute Gasteiger partial charge is 0.262 e. The Morgan fingerprint density at radius 1 is 0.603 bits per heavy atom. The van der Waals surface area contributed by atoms with Gasteiger partial charge in [-0.3, -0.25) is 38.4 Å². The summed E-state index contributed by atoms with van der Waals surface area (Å²) >= 11 is 0. The van der Waals surface area contributed by atoms with Crippen molar-refractivity contribution in [3.63, 3.8) is 0 Å². The summed E-state index contributed by atoms with van der Waals surface area (Å²) in [6.07, 6.45) is 1.40. The maximum Gasteiger partial charge on any atom is 0.262 e. The molecule has 6 N–H and O–H groups in total. The van der Waals surface area contributed by atoms with Crippen LogP contribution >= 0.6 is 0 Å². The molecule has 406 valence electrons. The minimum Gasteiger partial charge on any atom is -0.383 e. The van der Waals surface area contributed by atoms with Gasteiger partial charge in [-0.15, -0.1) is 0 Å². The van der Waals surface area contributed by atoms with Crippen LogP contribution in [0.4, 0.5) is 13.2 Å². The zero-order valence-electron chi connectivity index (χ0n) is 49.3. The van der Waals surface area contributed by atoms with Crippen LogP contribution < -0.4 is 31.9 Å². The third kappa shape index (κ3) is 66.0. The van der Waals surface area contributed by atoms with E-state index in [2.05, 4.69) is 26.6 Å². The molecule has 16 nitrogen and oxygen atoms in total. The predicted octanol–water partition coefficient (Wildman–Crippen LogP) is 6.60. The Morgan fingerprint density at radius 3 is 1.16 bits per heavy atom. The van der Waals surface area contributed by atoms with Gasteiger partial charge in [0.1, 0.15) is 12.0 Å². The monoisotopic (exact) mass is 991 g/mol. The van der Waals surface area contributed by atoms with Crippen LogP contribution in [-0.4, -0.2) is 132 Å². The van der Waals surface area contributed by atoms with Gasteiger partial charge in [-0.05, 0) is 26.7 Å². The molecule has 0 aromatic heterocycles. The third-order valence-corrected chi connectivity index (χ3v) is 7.92. The number of Topliss-reactive ketones (excluding diaryl/α,β-unsaturated/α-hetero) is 1. The third-order valence-electron chi connectivity index (χ3n) is 7.92. The summed E-state index contributed by atoms with van der Waals surface area (Å²) in [4.78, 5) is 86.8. The van der Waals surface area contributed by atoms with Gasteiger partial charge in [0.05, 0.1) is 13.2 Å². The van der Waals surface area contributed by atoms with Crippen molar-refractivity contribution in [2.24, 2.45) is 47.3 Å². The molecule has 0 spiro atoms. The summed E-state index contributed by atoms with van der Waals surface area (Å²) in [6, 6.07) is 0.514. The number of ether oxygens (including phenoxy) is 1. The first kappa shape index (κ1) is 70.3. The van der Waals surface area contributed by atoms with Crippen molar-refractivity contribution >= 4 is 47.1 Å². The second kappa shape index (κ2) is 46.4. The lowest BCUT2D eigenvalue weighted by atomic mass is 10.1. The number of nitrogens with zero attached hydrogens (tertiary/aromatic N) is 1. The molecule has 0 aliphatic heterocycles. The molecule has 0 heterocycles. The highest BCUT2D eigenvalue weighted by atomic mass is 19.3. The number of methoxy groups -OCH3 is 1. The molecule has 1 fully saturated rings. The molecule has 19 heteroatoms. The van der Waals surface area contributed by atoms with Crippen LogP contribution in [0, 0.1) is 47.3 Å². The first-order chi connectivity index (χ1) is 31.9. The van der Waals surface area contributed by atoms with E-state index in [-0.39, 0.29) is 95.1 Å². The molecule has 0 aromatic carbocycles. The zero-order chi connectivity index (χ0) is 58.2. The van der Waals surface area contributed by atoms with E-state index in [9.17, 15) is 51.5 Å². The SMILES string of the molecule is CC(=O)C(C)C.CC(C)C(=O)N(C)C.CC(C)C(=O)NC1CC1.CC(C)C(=O)NCC(C)(F)F.CC(F)CNC(=O)C(C)C.CNC(=O)C(C)C.COCCNC(=O)C(C)C.[2H]C([2H])([2H])NC(=O)C(C)C. The molecule has 0 aromatic rings. The zero-order valence-corrected chi connectivity index (χ0v) is 46.3. The number of rotatable bonds is 16. The van der Waals surface area contributed by atoms with Crippen LogP contribution in [0.25, 0.3) is 0 Å². The maximum absolute atomic E-state index is 12.1. The van der Waals surface area contributed by atoms with E-state index >= 15 is 0 Å². The van der Waals surface area contributed by atoms with Gasteiger partial charge in [0.25, 0.3) is 5.92 Å². The number of hydrogen-bond donors (Lipinski definition) is 6. The van der Waals surface area contributed by atoms with Crippen LogP contribution in [-0.2, 0) is 43.1 Å². The molecule has 1 aliphatic carbocycles. The Kier molecular flexibility index (Phi) is 48.0. The van der Waals surface area contributed by atoms with Crippen LogP contribution in [0.5, 0.6) is 0 Å². The molecule has 0 radical (unpaired) electrons. The van der Waals surface area contributed by atoms with Gasteiger partial charge in [-0.25, -0.2) is 13.2 Å². The van der Waals surface area contributed by atoms with Gasteiger partial charge in [0, 0.05) is 113 Å². The van der Waals surface area contributed by atoms with Gasteiger partial charge < -0.3 is 41.5 Å². The van der Waals surface area contributed by atoms with Crippen molar-refractivity contribution in [2.45, 2.75) is 163 Å². The number of alkyl halides is 3. The molecular formula is C49H100F3N7O9. The van der Waals surface area contributed by atoms with Gasteiger partial charge in [-0.2, -0.15) is 0 Å². The summed E-state index contributed by atoms with van der Waals surface area (Å²) in [5.41, 5.74) is 0. The van der Waals surface area contributed by atoms with Crippen molar-refractivity contribution < 1.29 is 60.4 Å². The van der Waals surface area contributed by atoms with Gasteiger partial charge in [0.2, 0.25) is 41.4 Å². The highest BCUT2D eigenvalue weighted by Gasteiger charge is 2.24. The van der Waals surface area contributed by atoms with E-state index in [1.807, 2.05) is 74.6 Å². The fourth-order valence-corrected chi connectivity index (χ4v) is 2.92. The van der Waals surface area contributed by atoms with Crippen LogP contribution in [0.2, 0.25) is 0 Å². The number of carbonyl (C=O) groups is 8. The summed E-state index contributed by atoms with van der Waals surface area (Å²) in [7, 11) is 6.79. The number of carbonyl (C=O) groups excluding carboxylic acids is 8. The number of halogens is 3. The van der Waals surface area contributed by atoms with Crippen molar-refractivity contribution in [3.05, 3.63) is 0 Å².